The van der Waals surface area contributed by atoms with Gasteiger partial charge in [0, 0.05) is 0 Å². The molecule has 0 aromatic heterocycles. The van der Waals surface area contributed by atoms with Crippen LogP contribution >= 0.6 is 7.60 Å². The second-order valence-electron chi connectivity index (χ2n) is 3.18. The third-order valence-electron chi connectivity index (χ3n) is 1.81. The molecule has 0 aliphatic rings. The fourth-order valence-electron chi connectivity index (χ4n) is 1.29. The van der Waals surface area contributed by atoms with Crippen LogP contribution in [0.5, 0.6) is 0 Å². The van der Waals surface area contributed by atoms with E-state index in [1.54, 1.807) is 18.2 Å². The normalized spacial score (nSPS) is 11.6. The van der Waals surface area contributed by atoms with Crippen molar-refractivity contribution in [3.63, 3.8) is 0 Å². The molecular weight excluding hydrogens is 201 g/mol. The van der Waals surface area contributed by atoms with Crippen molar-refractivity contribution in [1.29, 1.82) is 0 Å². The summed E-state index contributed by atoms with van der Waals surface area (Å²) < 4.78 is 10.7. The number of hydrogen-bond donors (Lipinski definition) is 3. The largest absolute Gasteiger partial charge is 0.330 e. The van der Waals surface area contributed by atoms with Gasteiger partial charge in [0.25, 0.3) is 0 Å². The van der Waals surface area contributed by atoms with Gasteiger partial charge in [-0.25, -0.2) is 0 Å². The average Bonchev–Trinajstić information content (AvgIpc) is 2.02. The monoisotopic (exact) mass is 215 g/mol. The molecule has 1 aromatic carbocycles. The first-order valence-electron chi connectivity index (χ1n) is 4.34. The summed E-state index contributed by atoms with van der Waals surface area (Å²) in [4.78, 5) is 17.6. The molecule has 0 amide bonds. The van der Waals surface area contributed by atoms with Gasteiger partial charge in [-0.05, 0) is 24.1 Å². The van der Waals surface area contributed by atoms with Crippen LogP contribution in [0.4, 0.5) is 0 Å². The van der Waals surface area contributed by atoms with Crippen molar-refractivity contribution in [1.82, 2.24) is 0 Å². The van der Waals surface area contributed by atoms with E-state index in [1.165, 1.54) is 0 Å². The highest BCUT2D eigenvalue weighted by molar-refractivity contribution is 7.50. The molecule has 78 valence electrons. The van der Waals surface area contributed by atoms with Gasteiger partial charge in [0.05, 0.1) is 6.16 Å². The third kappa shape index (κ3) is 4.03. The second kappa shape index (κ2) is 4.71. The van der Waals surface area contributed by atoms with Crippen LogP contribution in [0.25, 0.3) is 0 Å². The minimum atomic E-state index is -3.96. The smallest absolute Gasteiger partial charge is 0.329 e. The van der Waals surface area contributed by atoms with Crippen LogP contribution < -0.4 is 5.73 Å². The Bertz CT molecular complexity index is 348. The van der Waals surface area contributed by atoms with Gasteiger partial charge in [-0.3, -0.25) is 4.57 Å². The Hall–Kier alpha value is -0.670. The van der Waals surface area contributed by atoms with E-state index in [2.05, 4.69) is 0 Å². The van der Waals surface area contributed by atoms with Crippen molar-refractivity contribution >= 4 is 7.60 Å². The molecule has 0 unspecified atom stereocenters. The van der Waals surface area contributed by atoms with Crippen LogP contribution in [-0.4, -0.2) is 16.3 Å². The molecule has 0 fully saturated rings. The Kier molecular flexibility index (Phi) is 3.84. The summed E-state index contributed by atoms with van der Waals surface area (Å²) in [7, 11) is -3.96. The van der Waals surface area contributed by atoms with Crippen molar-refractivity contribution in [3.05, 3.63) is 35.4 Å². The minimum absolute atomic E-state index is 0.203. The fraction of sp³-hybridized carbons (Fsp3) is 0.333. The van der Waals surface area contributed by atoms with Crippen LogP contribution in [0.15, 0.2) is 24.3 Å². The van der Waals surface area contributed by atoms with E-state index in [9.17, 15) is 4.57 Å². The van der Waals surface area contributed by atoms with Crippen molar-refractivity contribution in [3.8, 4) is 0 Å². The molecule has 4 N–H and O–H groups in total. The Morgan fingerprint density at radius 3 is 2.50 bits per heavy atom. The highest BCUT2D eigenvalue weighted by Crippen LogP contribution is 2.38. The molecule has 14 heavy (non-hydrogen) atoms. The summed E-state index contributed by atoms with van der Waals surface area (Å²) in [5, 5.41) is 0. The van der Waals surface area contributed by atoms with Crippen molar-refractivity contribution in [2.75, 3.05) is 6.54 Å². The lowest BCUT2D eigenvalue weighted by molar-refractivity contribution is 0.371. The summed E-state index contributed by atoms with van der Waals surface area (Å²) >= 11 is 0. The molecule has 0 heterocycles. The molecule has 0 aliphatic carbocycles. The zero-order valence-corrected chi connectivity index (χ0v) is 8.65. The fourth-order valence-corrected chi connectivity index (χ4v) is 1.96. The highest BCUT2D eigenvalue weighted by atomic mass is 31.2. The summed E-state index contributed by atoms with van der Waals surface area (Å²) in [6, 6.07) is 7.18. The lowest BCUT2D eigenvalue weighted by atomic mass is 10.1. The van der Waals surface area contributed by atoms with E-state index in [0.29, 0.717) is 12.1 Å². The van der Waals surface area contributed by atoms with Gasteiger partial charge < -0.3 is 15.5 Å². The summed E-state index contributed by atoms with van der Waals surface area (Å²) in [6.45, 7) is 0.541. The predicted molar refractivity (Wildman–Crippen MR) is 54.9 cm³/mol. The summed E-state index contributed by atoms with van der Waals surface area (Å²) in [5.41, 5.74) is 7.05. The van der Waals surface area contributed by atoms with Crippen LogP contribution in [-0.2, 0) is 17.1 Å². The molecular formula is C9H14NO3P. The maximum Gasteiger partial charge on any atom is 0.329 e. The molecule has 0 bridgehead atoms. The lowest BCUT2D eigenvalue weighted by Crippen LogP contribution is -2.02. The van der Waals surface area contributed by atoms with Gasteiger partial charge in [0.1, 0.15) is 0 Å². The molecule has 0 aliphatic heterocycles. The van der Waals surface area contributed by atoms with Gasteiger partial charge in [0.15, 0.2) is 0 Å². The van der Waals surface area contributed by atoms with Crippen LogP contribution in [0, 0.1) is 0 Å². The summed E-state index contributed by atoms with van der Waals surface area (Å²) in [5.74, 6) is 0. The maximum absolute atomic E-state index is 10.7. The van der Waals surface area contributed by atoms with Crippen molar-refractivity contribution in [2.24, 2.45) is 5.73 Å². The molecule has 0 saturated carbocycles. The van der Waals surface area contributed by atoms with E-state index >= 15 is 0 Å². The Balaban J connectivity index is 2.78. The van der Waals surface area contributed by atoms with Gasteiger partial charge >= 0.3 is 7.60 Å². The maximum atomic E-state index is 10.7. The topological polar surface area (TPSA) is 83.6 Å². The minimum Gasteiger partial charge on any atom is -0.330 e. The zero-order chi connectivity index (χ0) is 10.6. The van der Waals surface area contributed by atoms with Crippen LogP contribution in [0.3, 0.4) is 0 Å². The van der Waals surface area contributed by atoms with Gasteiger partial charge in [0.2, 0.25) is 0 Å². The van der Waals surface area contributed by atoms with E-state index in [0.717, 1.165) is 12.0 Å². The molecule has 1 rings (SSSR count). The first-order chi connectivity index (χ1) is 6.51. The van der Waals surface area contributed by atoms with E-state index in [4.69, 9.17) is 15.5 Å². The SMILES string of the molecule is NCCc1cccc(CP(=O)(O)O)c1. The average molecular weight is 215 g/mol. The number of rotatable bonds is 4. The Morgan fingerprint density at radius 1 is 1.29 bits per heavy atom. The summed E-state index contributed by atoms with van der Waals surface area (Å²) in [6.07, 6.45) is 0.528. The first-order valence-corrected chi connectivity index (χ1v) is 6.13. The zero-order valence-electron chi connectivity index (χ0n) is 7.76. The van der Waals surface area contributed by atoms with Crippen LogP contribution in [0.1, 0.15) is 11.1 Å². The lowest BCUT2D eigenvalue weighted by Gasteiger charge is -2.05. The molecule has 5 heteroatoms. The van der Waals surface area contributed by atoms with E-state index in [-0.39, 0.29) is 6.16 Å². The number of nitrogens with two attached hydrogens (primary N) is 1. The molecule has 0 radical (unpaired) electrons. The first kappa shape index (κ1) is 11.4. The van der Waals surface area contributed by atoms with Crippen molar-refractivity contribution < 1.29 is 14.4 Å². The molecule has 0 saturated heterocycles. The van der Waals surface area contributed by atoms with Crippen LogP contribution in [0.2, 0.25) is 0 Å². The number of benzene rings is 1. The van der Waals surface area contributed by atoms with Gasteiger partial charge in [-0.1, -0.05) is 24.3 Å². The molecule has 0 spiro atoms. The quantitative estimate of drug-likeness (QED) is 0.650. The Morgan fingerprint density at radius 2 is 1.93 bits per heavy atom. The molecule has 1 aromatic rings. The molecule has 0 atom stereocenters. The predicted octanol–water partition coefficient (Wildman–Crippen LogP) is 0.865. The third-order valence-corrected chi connectivity index (χ3v) is 2.59. The molecule has 4 nitrogen and oxygen atoms in total. The number of hydrogen-bond acceptors (Lipinski definition) is 2. The van der Waals surface area contributed by atoms with E-state index in [1.807, 2.05) is 6.07 Å². The van der Waals surface area contributed by atoms with E-state index < -0.39 is 7.60 Å². The Labute approximate surface area is 82.9 Å². The van der Waals surface area contributed by atoms with Gasteiger partial charge in [-0.2, -0.15) is 0 Å². The van der Waals surface area contributed by atoms with Gasteiger partial charge in [-0.15, -0.1) is 0 Å². The highest BCUT2D eigenvalue weighted by Gasteiger charge is 2.13. The second-order valence-corrected chi connectivity index (χ2v) is 4.83. The van der Waals surface area contributed by atoms with Crippen molar-refractivity contribution in [2.45, 2.75) is 12.6 Å². The standard InChI is InChI=1S/C9H14NO3P/c10-5-4-8-2-1-3-9(6-8)7-14(11,12)13/h1-3,6H,4-5,7,10H2,(H2,11,12,13).